The van der Waals surface area contributed by atoms with Gasteiger partial charge in [0.2, 0.25) is 0 Å². The average Bonchev–Trinajstić information content (AvgIpc) is 2.42. The highest BCUT2D eigenvalue weighted by atomic mass is 16.5. The van der Waals surface area contributed by atoms with Crippen LogP contribution in [0.5, 0.6) is 0 Å². The lowest BCUT2D eigenvalue weighted by atomic mass is 9.96. The average molecular weight is 269 g/mol. The first-order valence-corrected chi connectivity index (χ1v) is 7.77. The monoisotopic (exact) mass is 269 g/mol. The van der Waals surface area contributed by atoms with E-state index in [9.17, 15) is 0 Å². The van der Waals surface area contributed by atoms with Crippen molar-refractivity contribution >= 4 is 5.96 Å². The summed E-state index contributed by atoms with van der Waals surface area (Å²) in [4.78, 5) is 4.28. The maximum Gasteiger partial charge on any atom is 0.191 e. The van der Waals surface area contributed by atoms with Crippen LogP contribution in [0.2, 0.25) is 0 Å². The van der Waals surface area contributed by atoms with Gasteiger partial charge >= 0.3 is 0 Å². The zero-order valence-electron chi connectivity index (χ0n) is 12.9. The van der Waals surface area contributed by atoms with Crippen molar-refractivity contribution in [2.24, 2.45) is 10.9 Å². The quantitative estimate of drug-likeness (QED) is 0.424. The molecular weight excluding hydrogens is 238 g/mol. The smallest absolute Gasteiger partial charge is 0.191 e. The van der Waals surface area contributed by atoms with Crippen LogP contribution in [0.3, 0.4) is 0 Å². The van der Waals surface area contributed by atoms with Crippen LogP contribution in [-0.2, 0) is 4.74 Å². The van der Waals surface area contributed by atoms with Gasteiger partial charge in [-0.2, -0.15) is 0 Å². The summed E-state index contributed by atoms with van der Waals surface area (Å²) in [5, 5.41) is 6.88. The first kappa shape index (κ1) is 16.3. The Kier molecular flexibility index (Phi) is 8.63. The minimum atomic E-state index is 0.608. The van der Waals surface area contributed by atoms with Crippen LogP contribution in [0.25, 0.3) is 0 Å². The number of hydrogen-bond acceptors (Lipinski definition) is 2. The number of ether oxygens (including phenoxy) is 1. The van der Waals surface area contributed by atoms with E-state index in [0.29, 0.717) is 12.0 Å². The van der Waals surface area contributed by atoms with Crippen LogP contribution in [0.15, 0.2) is 4.99 Å². The van der Waals surface area contributed by atoms with Gasteiger partial charge in [-0.1, -0.05) is 33.1 Å². The molecule has 0 atom stereocenters. The van der Waals surface area contributed by atoms with Gasteiger partial charge in [0.1, 0.15) is 0 Å². The van der Waals surface area contributed by atoms with Crippen molar-refractivity contribution in [1.29, 1.82) is 0 Å². The van der Waals surface area contributed by atoms with Crippen LogP contribution in [0.4, 0.5) is 0 Å². The molecule has 0 bridgehead atoms. The molecule has 0 amide bonds. The van der Waals surface area contributed by atoms with Gasteiger partial charge in [-0.15, -0.1) is 0 Å². The Morgan fingerprint density at radius 1 is 1.26 bits per heavy atom. The molecule has 0 radical (unpaired) electrons. The largest absolute Gasteiger partial charge is 0.381 e. The van der Waals surface area contributed by atoms with E-state index in [4.69, 9.17) is 4.74 Å². The van der Waals surface area contributed by atoms with Gasteiger partial charge in [0.25, 0.3) is 0 Å². The molecule has 0 aromatic carbocycles. The molecule has 0 heterocycles. The molecule has 4 heteroatoms. The van der Waals surface area contributed by atoms with E-state index in [-0.39, 0.29) is 0 Å². The first-order valence-electron chi connectivity index (χ1n) is 7.77. The maximum atomic E-state index is 5.56. The highest BCUT2D eigenvalue weighted by Crippen LogP contribution is 2.17. The zero-order valence-corrected chi connectivity index (χ0v) is 12.9. The minimum absolute atomic E-state index is 0.608. The number of aliphatic imine (C=N–C) groups is 1. The highest BCUT2D eigenvalue weighted by molar-refractivity contribution is 5.79. The molecule has 112 valence electrons. The van der Waals surface area contributed by atoms with E-state index in [1.54, 1.807) is 0 Å². The molecule has 0 aliphatic heterocycles. The van der Waals surface area contributed by atoms with Crippen LogP contribution >= 0.6 is 0 Å². The fourth-order valence-corrected chi connectivity index (χ4v) is 2.33. The summed E-state index contributed by atoms with van der Waals surface area (Å²) in [6, 6.07) is 0.608. The van der Waals surface area contributed by atoms with E-state index < -0.39 is 0 Å². The van der Waals surface area contributed by atoms with Crippen LogP contribution in [0, 0.1) is 5.92 Å². The van der Waals surface area contributed by atoms with Crippen LogP contribution in [-0.4, -0.2) is 38.8 Å². The van der Waals surface area contributed by atoms with Crippen molar-refractivity contribution in [2.75, 3.05) is 26.8 Å². The van der Waals surface area contributed by atoms with Crippen molar-refractivity contribution in [1.82, 2.24) is 10.6 Å². The van der Waals surface area contributed by atoms with Crippen molar-refractivity contribution < 1.29 is 4.74 Å². The van der Waals surface area contributed by atoms with E-state index >= 15 is 0 Å². The van der Waals surface area contributed by atoms with Gasteiger partial charge in [0.05, 0.1) is 0 Å². The summed E-state index contributed by atoms with van der Waals surface area (Å²) in [6.45, 7) is 6.95. The summed E-state index contributed by atoms with van der Waals surface area (Å²) in [5.41, 5.74) is 0. The summed E-state index contributed by atoms with van der Waals surface area (Å²) in [5.74, 6) is 1.56. The fraction of sp³-hybridized carbons (Fsp3) is 0.933. The third-order valence-electron chi connectivity index (χ3n) is 3.38. The Balaban J connectivity index is 2.05. The zero-order chi connectivity index (χ0) is 13.9. The molecule has 1 aliphatic carbocycles. The van der Waals surface area contributed by atoms with E-state index in [1.165, 1.54) is 32.1 Å². The van der Waals surface area contributed by atoms with Gasteiger partial charge < -0.3 is 15.4 Å². The molecule has 0 aromatic rings. The summed E-state index contributed by atoms with van der Waals surface area (Å²) < 4.78 is 5.56. The van der Waals surface area contributed by atoms with Crippen molar-refractivity contribution in [3.05, 3.63) is 0 Å². The van der Waals surface area contributed by atoms with Gasteiger partial charge in [-0.25, -0.2) is 0 Å². The van der Waals surface area contributed by atoms with Crippen LogP contribution in [0.1, 0.15) is 52.4 Å². The molecule has 0 spiro atoms. The normalized spacial score (nSPS) is 17.8. The third kappa shape index (κ3) is 8.09. The van der Waals surface area contributed by atoms with Gasteiger partial charge in [0.15, 0.2) is 5.96 Å². The van der Waals surface area contributed by atoms with Gasteiger partial charge in [-0.3, -0.25) is 4.99 Å². The van der Waals surface area contributed by atoms with Gasteiger partial charge in [0, 0.05) is 32.8 Å². The fourth-order valence-electron chi connectivity index (χ4n) is 2.33. The minimum Gasteiger partial charge on any atom is -0.381 e. The standard InChI is InChI=1S/C15H31N3O/c1-13(2)12-19-11-7-10-17-15(16-3)18-14-8-5-4-6-9-14/h13-14H,4-12H2,1-3H3,(H2,16,17,18). The predicted molar refractivity (Wildman–Crippen MR) is 81.6 cm³/mol. The number of guanidine groups is 1. The number of hydrogen-bond donors (Lipinski definition) is 2. The van der Waals surface area contributed by atoms with Gasteiger partial charge in [-0.05, 0) is 25.2 Å². The molecule has 19 heavy (non-hydrogen) atoms. The Morgan fingerprint density at radius 3 is 2.63 bits per heavy atom. The van der Waals surface area contributed by atoms with E-state index in [2.05, 4.69) is 29.5 Å². The molecule has 0 aromatic heterocycles. The summed E-state index contributed by atoms with van der Waals surface area (Å²) in [7, 11) is 1.84. The Labute approximate surface area is 118 Å². The molecule has 2 N–H and O–H groups in total. The molecule has 1 fully saturated rings. The molecule has 1 saturated carbocycles. The Bertz CT molecular complexity index is 248. The van der Waals surface area contributed by atoms with E-state index in [0.717, 1.165) is 32.1 Å². The maximum absolute atomic E-state index is 5.56. The lowest BCUT2D eigenvalue weighted by Crippen LogP contribution is -2.44. The molecule has 0 saturated heterocycles. The second-order valence-electron chi connectivity index (χ2n) is 5.80. The molecule has 1 aliphatic rings. The lowest BCUT2D eigenvalue weighted by molar-refractivity contribution is 0.108. The van der Waals surface area contributed by atoms with Crippen molar-refractivity contribution in [2.45, 2.75) is 58.4 Å². The topological polar surface area (TPSA) is 45.7 Å². The lowest BCUT2D eigenvalue weighted by Gasteiger charge is -2.24. The number of nitrogens with one attached hydrogen (secondary N) is 2. The Morgan fingerprint density at radius 2 is 2.00 bits per heavy atom. The number of nitrogens with zero attached hydrogens (tertiary/aromatic N) is 1. The van der Waals surface area contributed by atoms with E-state index in [1.807, 2.05) is 7.05 Å². The molecular formula is C15H31N3O. The first-order chi connectivity index (χ1) is 9.22. The Hall–Kier alpha value is -0.770. The number of rotatable bonds is 7. The summed E-state index contributed by atoms with van der Waals surface area (Å²) >= 11 is 0. The molecule has 0 unspecified atom stereocenters. The second kappa shape index (κ2) is 10.1. The predicted octanol–water partition coefficient (Wildman–Crippen LogP) is 2.55. The molecule has 4 nitrogen and oxygen atoms in total. The SMILES string of the molecule is CN=C(NCCCOCC(C)C)NC1CCCCC1. The second-order valence-corrected chi connectivity index (χ2v) is 5.80. The van der Waals surface area contributed by atoms with Crippen LogP contribution < -0.4 is 10.6 Å². The third-order valence-corrected chi connectivity index (χ3v) is 3.38. The highest BCUT2D eigenvalue weighted by Gasteiger charge is 2.13. The van der Waals surface area contributed by atoms with Crippen molar-refractivity contribution in [3.8, 4) is 0 Å². The summed E-state index contributed by atoms with van der Waals surface area (Å²) in [6.07, 6.45) is 7.65. The molecule has 1 rings (SSSR count). The van der Waals surface area contributed by atoms with Crippen molar-refractivity contribution in [3.63, 3.8) is 0 Å².